The molecule has 4 nitrogen and oxygen atoms in total. The van der Waals surface area contributed by atoms with Crippen molar-refractivity contribution in [1.29, 1.82) is 0 Å². The lowest BCUT2D eigenvalue weighted by molar-refractivity contribution is 0.137. The van der Waals surface area contributed by atoms with Crippen LogP contribution in [0.1, 0.15) is 18.4 Å². The molecule has 1 fully saturated rings. The van der Waals surface area contributed by atoms with Crippen LogP contribution in [0.4, 0.5) is 0 Å². The molecule has 0 amide bonds. The highest BCUT2D eigenvalue weighted by molar-refractivity contribution is 5.48. The molecule has 1 saturated heterocycles. The van der Waals surface area contributed by atoms with Crippen LogP contribution in [-0.2, 0) is 5.41 Å². The molecule has 0 bridgehead atoms. The SMILES string of the molecule is COc1ccc([C@@]23C=C[C@H](O)C[C@@H]2N(C)CC3)cc1OC. The van der Waals surface area contributed by atoms with Crippen LogP contribution in [0.2, 0.25) is 0 Å². The Morgan fingerprint density at radius 1 is 1.24 bits per heavy atom. The standard InChI is InChI=1S/C17H23NO3/c1-18-9-8-17(7-6-13(19)11-16(17)18)12-4-5-14(20-2)15(10-12)21-3/h4-7,10,13,16,19H,8-9,11H2,1-3H3/t13-,16-,17-/m0/s1. The Kier molecular flexibility index (Phi) is 3.68. The molecule has 1 aromatic rings. The van der Waals surface area contributed by atoms with Crippen LogP contribution in [0.3, 0.4) is 0 Å². The van der Waals surface area contributed by atoms with Crippen LogP contribution in [0.15, 0.2) is 30.4 Å². The predicted octanol–water partition coefficient (Wildman–Crippen LogP) is 1.97. The molecule has 1 heterocycles. The smallest absolute Gasteiger partial charge is 0.161 e. The number of aliphatic hydroxyl groups is 1. The average Bonchev–Trinajstić information content (AvgIpc) is 2.85. The number of hydrogen-bond acceptors (Lipinski definition) is 4. The van der Waals surface area contributed by atoms with Crippen LogP contribution in [0, 0.1) is 0 Å². The van der Waals surface area contributed by atoms with Crippen molar-refractivity contribution < 1.29 is 14.6 Å². The summed E-state index contributed by atoms with van der Waals surface area (Å²) in [6.07, 6.45) is 5.63. The number of likely N-dealkylation sites (tertiary alicyclic amines) is 1. The number of fused-ring (bicyclic) bond motifs is 1. The third-order valence-electron chi connectivity index (χ3n) is 5.01. The fourth-order valence-electron chi connectivity index (χ4n) is 3.81. The number of hydrogen-bond donors (Lipinski definition) is 1. The molecular weight excluding hydrogens is 266 g/mol. The monoisotopic (exact) mass is 289 g/mol. The first kappa shape index (κ1) is 14.4. The van der Waals surface area contributed by atoms with Gasteiger partial charge in [-0.15, -0.1) is 0 Å². The topological polar surface area (TPSA) is 41.9 Å². The van der Waals surface area contributed by atoms with Gasteiger partial charge in [0.2, 0.25) is 0 Å². The van der Waals surface area contributed by atoms with Gasteiger partial charge < -0.3 is 19.5 Å². The van der Waals surface area contributed by atoms with Gasteiger partial charge in [-0.2, -0.15) is 0 Å². The number of aliphatic hydroxyl groups excluding tert-OH is 1. The van der Waals surface area contributed by atoms with Crippen molar-refractivity contribution in [1.82, 2.24) is 4.90 Å². The largest absolute Gasteiger partial charge is 0.493 e. The molecule has 21 heavy (non-hydrogen) atoms. The first-order valence-corrected chi connectivity index (χ1v) is 7.41. The summed E-state index contributed by atoms with van der Waals surface area (Å²) < 4.78 is 10.8. The Hall–Kier alpha value is -1.52. The second-order valence-corrected chi connectivity index (χ2v) is 6.02. The number of nitrogens with zero attached hydrogens (tertiary/aromatic N) is 1. The fraction of sp³-hybridized carbons (Fsp3) is 0.529. The summed E-state index contributed by atoms with van der Waals surface area (Å²) in [5.41, 5.74) is 1.20. The highest BCUT2D eigenvalue weighted by Crippen LogP contribution is 2.46. The molecule has 114 valence electrons. The highest BCUT2D eigenvalue weighted by atomic mass is 16.5. The van der Waals surface area contributed by atoms with Crippen LogP contribution >= 0.6 is 0 Å². The van der Waals surface area contributed by atoms with Crippen LogP contribution in [0.5, 0.6) is 11.5 Å². The Morgan fingerprint density at radius 2 is 2.00 bits per heavy atom. The van der Waals surface area contributed by atoms with E-state index in [1.54, 1.807) is 14.2 Å². The third kappa shape index (κ3) is 2.23. The van der Waals surface area contributed by atoms with Gasteiger partial charge in [-0.25, -0.2) is 0 Å². The number of likely N-dealkylation sites (N-methyl/N-ethyl adjacent to an activating group) is 1. The second-order valence-electron chi connectivity index (χ2n) is 6.02. The molecule has 3 rings (SSSR count). The van der Waals surface area contributed by atoms with Crippen molar-refractivity contribution in [3.63, 3.8) is 0 Å². The Morgan fingerprint density at radius 3 is 2.71 bits per heavy atom. The van der Waals surface area contributed by atoms with Crippen molar-refractivity contribution in [2.24, 2.45) is 0 Å². The molecular formula is C17H23NO3. The maximum Gasteiger partial charge on any atom is 0.161 e. The summed E-state index contributed by atoms with van der Waals surface area (Å²) in [6, 6.07) is 6.50. The van der Waals surface area contributed by atoms with E-state index in [4.69, 9.17) is 9.47 Å². The molecule has 3 atom stereocenters. The molecule has 0 radical (unpaired) electrons. The molecule has 1 aliphatic carbocycles. The average molecular weight is 289 g/mol. The van der Waals surface area contributed by atoms with Gasteiger partial charge in [-0.3, -0.25) is 0 Å². The Balaban J connectivity index is 2.07. The Bertz CT molecular complexity index is 557. The van der Waals surface area contributed by atoms with Gasteiger partial charge in [0.25, 0.3) is 0 Å². The first-order valence-electron chi connectivity index (χ1n) is 7.41. The van der Waals surface area contributed by atoms with E-state index in [2.05, 4.69) is 30.2 Å². The van der Waals surface area contributed by atoms with Crippen molar-refractivity contribution in [2.75, 3.05) is 27.8 Å². The van der Waals surface area contributed by atoms with Crippen LogP contribution in [-0.4, -0.2) is 50.0 Å². The minimum absolute atomic E-state index is 0.0342. The zero-order valence-corrected chi connectivity index (χ0v) is 12.9. The van der Waals surface area contributed by atoms with Crippen molar-refractivity contribution in [2.45, 2.75) is 30.4 Å². The number of methoxy groups -OCH3 is 2. The first-order chi connectivity index (χ1) is 10.1. The van der Waals surface area contributed by atoms with Gasteiger partial charge in [-0.1, -0.05) is 18.2 Å². The van der Waals surface area contributed by atoms with Crippen molar-refractivity contribution in [3.8, 4) is 11.5 Å². The van der Waals surface area contributed by atoms with E-state index in [0.717, 1.165) is 30.9 Å². The summed E-state index contributed by atoms with van der Waals surface area (Å²) in [4.78, 5) is 2.35. The fourth-order valence-corrected chi connectivity index (χ4v) is 3.81. The minimum Gasteiger partial charge on any atom is -0.493 e. The van der Waals surface area contributed by atoms with E-state index in [-0.39, 0.29) is 11.5 Å². The van der Waals surface area contributed by atoms with E-state index >= 15 is 0 Å². The van der Waals surface area contributed by atoms with E-state index < -0.39 is 0 Å². The molecule has 1 aliphatic heterocycles. The molecule has 0 aromatic heterocycles. The van der Waals surface area contributed by atoms with Crippen LogP contribution in [0.25, 0.3) is 0 Å². The third-order valence-corrected chi connectivity index (χ3v) is 5.01. The molecule has 0 unspecified atom stereocenters. The number of ether oxygens (including phenoxy) is 2. The molecule has 0 saturated carbocycles. The quantitative estimate of drug-likeness (QED) is 0.864. The lowest BCUT2D eigenvalue weighted by Crippen LogP contribution is -2.44. The lowest BCUT2D eigenvalue weighted by atomic mass is 9.69. The lowest BCUT2D eigenvalue weighted by Gasteiger charge is -2.39. The predicted molar refractivity (Wildman–Crippen MR) is 82.0 cm³/mol. The summed E-state index contributed by atoms with van der Waals surface area (Å²) in [5, 5.41) is 9.96. The van der Waals surface area contributed by atoms with E-state index in [9.17, 15) is 5.11 Å². The number of benzene rings is 1. The summed E-state index contributed by atoms with van der Waals surface area (Å²) in [5.74, 6) is 1.51. The van der Waals surface area contributed by atoms with Gasteiger partial charge >= 0.3 is 0 Å². The normalized spacial score (nSPS) is 32.0. The molecule has 1 aromatic carbocycles. The summed E-state index contributed by atoms with van der Waals surface area (Å²) >= 11 is 0. The molecule has 1 N–H and O–H groups in total. The zero-order chi connectivity index (χ0) is 15.0. The molecule has 0 spiro atoms. The number of rotatable bonds is 3. The van der Waals surface area contributed by atoms with Gasteiger partial charge in [0.15, 0.2) is 11.5 Å². The second kappa shape index (κ2) is 5.35. The van der Waals surface area contributed by atoms with E-state index in [1.165, 1.54) is 5.56 Å². The van der Waals surface area contributed by atoms with Gasteiger partial charge in [0, 0.05) is 11.5 Å². The molecule has 2 aliphatic rings. The Labute approximate surface area is 126 Å². The van der Waals surface area contributed by atoms with Crippen molar-refractivity contribution in [3.05, 3.63) is 35.9 Å². The maximum atomic E-state index is 9.96. The summed E-state index contributed by atoms with van der Waals surface area (Å²) in [6.45, 7) is 1.04. The van der Waals surface area contributed by atoms with E-state index in [0.29, 0.717) is 6.04 Å². The molecule has 4 heteroatoms. The van der Waals surface area contributed by atoms with E-state index in [1.807, 2.05) is 12.1 Å². The van der Waals surface area contributed by atoms with Crippen molar-refractivity contribution >= 4 is 0 Å². The van der Waals surface area contributed by atoms with Gasteiger partial charge in [0.05, 0.1) is 20.3 Å². The highest BCUT2D eigenvalue weighted by Gasteiger charge is 2.48. The van der Waals surface area contributed by atoms with Crippen LogP contribution < -0.4 is 9.47 Å². The maximum absolute atomic E-state index is 9.96. The van der Waals surface area contributed by atoms with Gasteiger partial charge in [-0.05, 0) is 44.1 Å². The summed E-state index contributed by atoms with van der Waals surface area (Å²) in [7, 11) is 5.45. The minimum atomic E-state index is -0.344. The van der Waals surface area contributed by atoms with Gasteiger partial charge in [0.1, 0.15) is 0 Å². The zero-order valence-electron chi connectivity index (χ0n) is 12.9.